The summed E-state index contributed by atoms with van der Waals surface area (Å²) in [7, 11) is 0. The molecule has 7 heteroatoms. The van der Waals surface area contributed by atoms with Crippen molar-refractivity contribution in [3.05, 3.63) is 35.4 Å². The second-order valence-electron chi connectivity index (χ2n) is 5.39. The van der Waals surface area contributed by atoms with Crippen LogP contribution in [0.15, 0.2) is 18.2 Å². The molecule has 1 unspecified atom stereocenters. The fourth-order valence-corrected chi connectivity index (χ4v) is 2.21. The predicted octanol–water partition coefficient (Wildman–Crippen LogP) is 1.65. The monoisotopic (exact) mass is 327 g/mol. The van der Waals surface area contributed by atoms with E-state index in [-0.39, 0.29) is 23.9 Å². The van der Waals surface area contributed by atoms with Crippen molar-refractivity contribution in [2.75, 3.05) is 13.1 Å². The summed E-state index contributed by atoms with van der Waals surface area (Å²) in [6, 6.07) is 2.32. The highest BCUT2D eigenvalue weighted by molar-refractivity contribution is 5.79. The molecule has 5 nitrogen and oxygen atoms in total. The lowest BCUT2D eigenvalue weighted by molar-refractivity contribution is -0.122. The van der Waals surface area contributed by atoms with Crippen molar-refractivity contribution in [3.8, 4) is 0 Å². The Hall–Kier alpha value is -2.02. The highest BCUT2D eigenvalue weighted by Gasteiger charge is 2.21. The maximum atomic E-state index is 13.9. The molecule has 2 amide bonds. The topological polar surface area (TPSA) is 70.2 Å². The van der Waals surface area contributed by atoms with E-state index in [1.807, 2.05) is 13.8 Å². The predicted molar refractivity (Wildman–Crippen MR) is 83.7 cm³/mol. The number of rotatable bonds is 8. The summed E-state index contributed by atoms with van der Waals surface area (Å²) < 4.78 is 26.9. The van der Waals surface area contributed by atoms with Gasteiger partial charge in [-0.3, -0.25) is 9.59 Å². The maximum Gasteiger partial charge on any atom is 0.222 e. The zero-order valence-corrected chi connectivity index (χ0v) is 13.6. The lowest BCUT2D eigenvalue weighted by Gasteiger charge is -2.20. The van der Waals surface area contributed by atoms with Crippen LogP contribution < -0.4 is 16.0 Å². The number of halogens is 2. The van der Waals surface area contributed by atoms with Gasteiger partial charge in [0.1, 0.15) is 11.6 Å². The average molecular weight is 327 g/mol. The molecule has 0 heterocycles. The Bertz CT molecular complexity index is 552. The van der Waals surface area contributed by atoms with Crippen LogP contribution in [0.5, 0.6) is 0 Å². The SMILES string of the molecule is CCN[C@H](C)CNC(=O)CC(NC(C)=O)c1ccc(F)cc1F. The molecular formula is C16H23F2N3O2. The zero-order valence-electron chi connectivity index (χ0n) is 13.6. The molecule has 1 aromatic carbocycles. The molecular weight excluding hydrogens is 304 g/mol. The van der Waals surface area contributed by atoms with Gasteiger partial charge < -0.3 is 16.0 Å². The Labute approximate surface area is 134 Å². The van der Waals surface area contributed by atoms with Crippen molar-refractivity contribution in [1.82, 2.24) is 16.0 Å². The first-order valence-corrected chi connectivity index (χ1v) is 7.55. The molecule has 0 fully saturated rings. The lowest BCUT2D eigenvalue weighted by Crippen LogP contribution is -2.40. The fraction of sp³-hybridized carbons (Fsp3) is 0.500. The summed E-state index contributed by atoms with van der Waals surface area (Å²) in [5.41, 5.74) is 0.0801. The third-order valence-electron chi connectivity index (χ3n) is 3.26. The van der Waals surface area contributed by atoms with Gasteiger partial charge in [0.05, 0.1) is 12.5 Å². The van der Waals surface area contributed by atoms with Gasteiger partial charge in [-0.1, -0.05) is 13.0 Å². The van der Waals surface area contributed by atoms with Gasteiger partial charge in [0.25, 0.3) is 0 Å². The van der Waals surface area contributed by atoms with Gasteiger partial charge in [-0.2, -0.15) is 0 Å². The van der Waals surface area contributed by atoms with Crippen LogP contribution >= 0.6 is 0 Å². The van der Waals surface area contributed by atoms with Crippen LogP contribution in [0.4, 0.5) is 8.78 Å². The third kappa shape index (κ3) is 6.73. The standard InChI is InChI=1S/C16H23F2N3O2/c1-4-19-10(2)9-20-16(23)8-15(21-11(3)22)13-6-5-12(17)7-14(13)18/h5-7,10,15,19H,4,8-9H2,1-3H3,(H,20,23)(H,21,22)/t10-,15?/m1/s1. The van der Waals surface area contributed by atoms with Crippen molar-refractivity contribution in [1.29, 1.82) is 0 Å². The van der Waals surface area contributed by atoms with Crippen molar-refractivity contribution in [3.63, 3.8) is 0 Å². The number of benzene rings is 1. The highest BCUT2D eigenvalue weighted by atomic mass is 19.1. The fourth-order valence-electron chi connectivity index (χ4n) is 2.21. The van der Waals surface area contributed by atoms with Crippen LogP contribution in [0.3, 0.4) is 0 Å². The van der Waals surface area contributed by atoms with E-state index in [9.17, 15) is 18.4 Å². The smallest absolute Gasteiger partial charge is 0.222 e. The molecule has 0 aromatic heterocycles. The Morgan fingerprint density at radius 1 is 1.26 bits per heavy atom. The zero-order chi connectivity index (χ0) is 17.4. The molecule has 0 aliphatic heterocycles. The number of nitrogens with one attached hydrogen (secondary N) is 3. The van der Waals surface area contributed by atoms with Crippen molar-refractivity contribution < 1.29 is 18.4 Å². The first-order valence-electron chi connectivity index (χ1n) is 7.55. The minimum Gasteiger partial charge on any atom is -0.354 e. The molecule has 1 rings (SSSR count). The first kappa shape index (κ1) is 19.0. The van der Waals surface area contributed by atoms with Crippen LogP contribution in [-0.2, 0) is 9.59 Å². The van der Waals surface area contributed by atoms with Gasteiger partial charge in [0.2, 0.25) is 11.8 Å². The number of hydrogen-bond donors (Lipinski definition) is 3. The molecule has 0 saturated heterocycles. The molecule has 0 radical (unpaired) electrons. The third-order valence-corrected chi connectivity index (χ3v) is 3.26. The van der Waals surface area contributed by atoms with E-state index in [0.717, 1.165) is 18.7 Å². The molecule has 23 heavy (non-hydrogen) atoms. The highest BCUT2D eigenvalue weighted by Crippen LogP contribution is 2.21. The van der Waals surface area contributed by atoms with Crippen LogP contribution in [0.2, 0.25) is 0 Å². The summed E-state index contributed by atoms with van der Waals surface area (Å²) in [6.45, 7) is 6.37. The minimum atomic E-state index is -0.845. The largest absolute Gasteiger partial charge is 0.354 e. The van der Waals surface area contributed by atoms with E-state index in [0.29, 0.717) is 6.54 Å². The van der Waals surface area contributed by atoms with Crippen LogP contribution in [0.1, 0.15) is 38.8 Å². The summed E-state index contributed by atoms with van der Waals surface area (Å²) in [5.74, 6) is -2.22. The Balaban J connectivity index is 2.75. The summed E-state index contributed by atoms with van der Waals surface area (Å²) in [5, 5.41) is 8.39. The second kappa shape index (κ2) is 9.19. The van der Waals surface area contributed by atoms with E-state index in [1.54, 1.807) is 0 Å². The molecule has 1 aromatic rings. The summed E-state index contributed by atoms with van der Waals surface area (Å²) >= 11 is 0. The van der Waals surface area contributed by atoms with E-state index in [2.05, 4.69) is 16.0 Å². The molecule has 0 spiro atoms. The minimum absolute atomic E-state index is 0.0801. The molecule has 3 N–H and O–H groups in total. The van der Waals surface area contributed by atoms with Crippen molar-refractivity contribution in [2.45, 2.75) is 39.3 Å². The summed E-state index contributed by atoms with van der Waals surface area (Å²) in [6.07, 6.45) is -0.124. The molecule has 128 valence electrons. The Morgan fingerprint density at radius 3 is 2.52 bits per heavy atom. The van der Waals surface area contributed by atoms with Crippen molar-refractivity contribution >= 4 is 11.8 Å². The number of amides is 2. The van der Waals surface area contributed by atoms with E-state index in [1.165, 1.54) is 13.0 Å². The Kier molecular flexibility index (Phi) is 7.61. The van der Waals surface area contributed by atoms with Gasteiger partial charge >= 0.3 is 0 Å². The van der Waals surface area contributed by atoms with Crippen LogP contribution in [0, 0.1) is 11.6 Å². The van der Waals surface area contributed by atoms with Crippen LogP contribution in [-0.4, -0.2) is 30.9 Å². The number of hydrogen-bond acceptors (Lipinski definition) is 3. The van der Waals surface area contributed by atoms with Gasteiger partial charge in [-0.15, -0.1) is 0 Å². The van der Waals surface area contributed by atoms with Gasteiger partial charge in [0, 0.05) is 31.1 Å². The summed E-state index contributed by atoms with van der Waals surface area (Å²) in [4.78, 5) is 23.3. The second-order valence-corrected chi connectivity index (χ2v) is 5.39. The van der Waals surface area contributed by atoms with Gasteiger partial charge in [-0.25, -0.2) is 8.78 Å². The average Bonchev–Trinajstić information content (AvgIpc) is 2.44. The Morgan fingerprint density at radius 2 is 1.96 bits per heavy atom. The quantitative estimate of drug-likeness (QED) is 0.680. The first-order chi connectivity index (χ1) is 10.8. The molecule has 0 aliphatic rings. The van der Waals surface area contributed by atoms with Crippen LogP contribution in [0.25, 0.3) is 0 Å². The van der Waals surface area contributed by atoms with E-state index >= 15 is 0 Å². The number of carbonyl (C=O) groups excluding carboxylic acids is 2. The van der Waals surface area contributed by atoms with Gasteiger partial charge in [0.15, 0.2) is 0 Å². The molecule has 0 aliphatic carbocycles. The molecule has 2 atom stereocenters. The van der Waals surface area contributed by atoms with E-state index < -0.39 is 23.6 Å². The normalized spacial score (nSPS) is 13.3. The van der Waals surface area contributed by atoms with Crippen molar-refractivity contribution in [2.24, 2.45) is 0 Å². The number of carbonyl (C=O) groups is 2. The van der Waals surface area contributed by atoms with Gasteiger partial charge in [-0.05, 0) is 19.5 Å². The lowest BCUT2D eigenvalue weighted by atomic mass is 10.0. The molecule has 0 bridgehead atoms. The molecule has 0 saturated carbocycles. The maximum absolute atomic E-state index is 13.9. The van der Waals surface area contributed by atoms with E-state index in [4.69, 9.17) is 0 Å². The number of likely N-dealkylation sites (N-methyl/N-ethyl adjacent to an activating group) is 1.